The number of nitrogens with zero attached hydrogens (tertiary/aromatic N) is 2. The third-order valence-corrected chi connectivity index (χ3v) is 9.04. The number of benzene rings is 4. The lowest BCUT2D eigenvalue weighted by molar-refractivity contribution is 0.297. The maximum Gasteiger partial charge on any atom is 0.127 e. The topological polar surface area (TPSA) is 56.2 Å². The van der Waals surface area contributed by atoms with Gasteiger partial charge in [0.15, 0.2) is 0 Å². The summed E-state index contributed by atoms with van der Waals surface area (Å²) in [5, 5.41) is 1.74. The van der Waals surface area contributed by atoms with Crippen LogP contribution in [0, 0.1) is 0 Å². The highest BCUT2D eigenvalue weighted by Gasteiger charge is 2.36. The van der Waals surface area contributed by atoms with E-state index in [1.54, 1.807) is 40.7 Å². The first-order valence-corrected chi connectivity index (χ1v) is 14.3. The van der Waals surface area contributed by atoms with Crippen molar-refractivity contribution in [1.82, 2.24) is 4.31 Å². The van der Waals surface area contributed by atoms with E-state index in [0.29, 0.717) is 51.1 Å². The third kappa shape index (κ3) is 5.86. The van der Waals surface area contributed by atoms with E-state index in [9.17, 15) is 9.11 Å². The molecule has 1 unspecified atom stereocenters. The number of anilines is 1. The van der Waals surface area contributed by atoms with E-state index in [0.717, 1.165) is 11.3 Å². The molecule has 1 heterocycles. The van der Waals surface area contributed by atoms with Gasteiger partial charge < -0.3 is 9.64 Å². The van der Waals surface area contributed by atoms with Crippen LogP contribution in [0.15, 0.2) is 102 Å². The molecular formula is C28H25Cl3N2O3S. The van der Waals surface area contributed by atoms with Crippen LogP contribution in [0.2, 0.25) is 15.1 Å². The van der Waals surface area contributed by atoms with Gasteiger partial charge in [0.1, 0.15) is 11.5 Å². The Morgan fingerprint density at radius 1 is 0.730 bits per heavy atom. The minimum absolute atomic E-state index is 0.198. The Kier molecular flexibility index (Phi) is 7.88. The molecule has 5 rings (SSSR count). The summed E-state index contributed by atoms with van der Waals surface area (Å²) in [6.45, 7) is 1.32. The van der Waals surface area contributed by atoms with Crippen molar-refractivity contribution in [2.45, 2.75) is 10.9 Å². The van der Waals surface area contributed by atoms with Crippen LogP contribution in [0.5, 0.6) is 11.5 Å². The summed E-state index contributed by atoms with van der Waals surface area (Å²) in [5.41, 5.74) is 1.83. The minimum atomic E-state index is -3.25. The zero-order valence-corrected chi connectivity index (χ0v) is 22.8. The Bertz CT molecular complexity index is 1360. The molecule has 1 fully saturated rings. The number of hydrogen-bond donors (Lipinski definition) is 2. The Balaban J connectivity index is 1.41. The molecule has 1 aliphatic heterocycles. The maximum atomic E-state index is 11.4. The third-order valence-electron chi connectivity index (χ3n) is 6.30. The van der Waals surface area contributed by atoms with Gasteiger partial charge in [-0.25, -0.2) is 0 Å². The maximum absolute atomic E-state index is 11.4. The van der Waals surface area contributed by atoms with E-state index in [2.05, 4.69) is 4.90 Å². The first-order chi connectivity index (χ1) is 17.8. The fourth-order valence-electron chi connectivity index (χ4n) is 4.43. The average Bonchev–Trinajstić information content (AvgIpc) is 2.90. The average molecular weight is 576 g/mol. The van der Waals surface area contributed by atoms with Gasteiger partial charge in [0.25, 0.3) is 0 Å². The normalized spacial score (nSPS) is 17.0. The van der Waals surface area contributed by atoms with Gasteiger partial charge in [-0.05, 0) is 72.3 Å². The molecule has 1 atom stereocenters. The van der Waals surface area contributed by atoms with Gasteiger partial charge in [-0.1, -0.05) is 65.1 Å². The van der Waals surface area contributed by atoms with E-state index in [1.165, 1.54) is 0 Å². The Morgan fingerprint density at radius 3 is 2.05 bits per heavy atom. The summed E-state index contributed by atoms with van der Waals surface area (Å²) in [7, 11) is -3.25. The van der Waals surface area contributed by atoms with Crippen LogP contribution in [0.3, 0.4) is 0 Å². The smallest absolute Gasteiger partial charge is 0.127 e. The first kappa shape index (κ1) is 26.2. The molecule has 2 N–H and O–H groups in total. The molecular weight excluding hydrogens is 551 g/mol. The summed E-state index contributed by atoms with van der Waals surface area (Å²) in [6.07, 6.45) is 0. The van der Waals surface area contributed by atoms with Gasteiger partial charge >= 0.3 is 0 Å². The lowest BCUT2D eigenvalue weighted by atomic mass is 10.0. The van der Waals surface area contributed by atoms with Crippen LogP contribution in [0.4, 0.5) is 5.69 Å². The van der Waals surface area contributed by atoms with Crippen LogP contribution >= 0.6 is 45.6 Å². The lowest BCUT2D eigenvalue weighted by Gasteiger charge is -2.50. The molecule has 0 aliphatic carbocycles. The summed E-state index contributed by atoms with van der Waals surface area (Å²) < 4.78 is 30.4. The minimum Gasteiger partial charge on any atom is -0.457 e. The Labute approximate surface area is 233 Å². The van der Waals surface area contributed by atoms with E-state index in [4.69, 9.17) is 39.5 Å². The molecule has 1 aliphatic rings. The van der Waals surface area contributed by atoms with Crippen LogP contribution in [-0.2, 0) is 0 Å². The molecule has 4 aromatic rings. The number of ether oxygens (including phenoxy) is 1. The van der Waals surface area contributed by atoms with Crippen molar-refractivity contribution in [3.05, 3.63) is 118 Å². The second-order valence-corrected chi connectivity index (χ2v) is 12.0. The lowest BCUT2D eigenvalue weighted by Crippen LogP contribution is -2.49. The molecule has 0 saturated carbocycles. The highest BCUT2D eigenvalue weighted by atomic mass is 35.5. The van der Waals surface area contributed by atoms with Crippen LogP contribution in [-0.4, -0.2) is 33.0 Å². The van der Waals surface area contributed by atoms with Crippen molar-refractivity contribution in [1.29, 1.82) is 0 Å². The van der Waals surface area contributed by atoms with Gasteiger partial charge in [-0.2, -0.15) is 4.31 Å². The van der Waals surface area contributed by atoms with Crippen LogP contribution < -0.4 is 9.64 Å². The van der Waals surface area contributed by atoms with Gasteiger partial charge in [-0.3, -0.25) is 9.11 Å². The molecule has 0 aromatic heterocycles. The SMILES string of the molecule is OS(O)(c1ccc(Oc2ccccc2)cc1)N1CCN(c2ccc(Cl)cc2Cl)C(c2ccc(Cl)cc2)C1. The van der Waals surface area contributed by atoms with E-state index in [-0.39, 0.29) is 6.04 Å². The quantitative estimate of drug-likeness (QED) is 0.240. The largest absolute Gasteiger partial charge is 0.457 e. The highest BCUT2D eigenvalue weighted by molar-refractivity contribution is 8.22. The summed E-state index contributed by atoms with van der Waals surface area (Å²) in [4.78, 5) is 2.60. The molecule has 5 nitrogen and oxygen atoms in total. The molecule has 0 amide bonds. The van der Waals surface area contributed by atoms with Gasteiger partial charge in [0, 0.05) is 29.7 Å². The summed E-state index contributed by atoms with van der Waals surface area (Å²) in [5.74, 6) is 1.33. The molecule has 0 bridgehead atoms. The Hall–Kier alpha value is -2.42. The molecule has 192 valence electrons. The van der Waals surface area contributed by atoms with Crippen molar-refractivity contribution < 1.29 is 13.8 Å². The van der Waals surface area contributed by atoms with Crippen molar-refractivity contribution >= 4 is 51.3 Å². The fourth-order valence-corrected chi connectivity index (χ4v) is 6.55. The number of para-hydroxylation sites is 1. The van der Waals surface area contributed by atoms with Crippen molar-refractivity contribution in [2.75, 3.05) is 24.5 Å². The number of rotatable bonds is 6. The van der Waals surface area contributed by atoms with Gasteiger partial charge in [0.2, 0.25) is 0 Å². The molecule has 0 spiro atoms. The van der Waals surface area contributed by atoms with Crippen LogP contribution in [0.25, 0.3) is 0 Å². The highest BCUT2D eigenvalue weighted by Crippen LogP contribution is 2.54. The predicted molar refractivity (Wildman–Crippen MR) is 154 cm³/mol. The van der Waals surface area contributed by atoms with Crippen molar-refractivity contribution in [2.24, 2.45) is 0 Å². The van der Waals surface area contributed by atoms with Crippen LogP contribution in [0.1, 0.15) is 11.6 Å². The standard InChI is InChI=1S/C28H25Cl3N2O3S/c29-21-8-6-20(7-9-21)28-19-32(16-17-33(28)27-15-10-22(30)18-26(27)31)37(34,35)25-13-11-24(12-14-25)36-23-4-2-1-3-5-23/h1-15,18,28,34-35H,16-17,19H2. The summed E-state index contributed by atoms with van der Waals surface area (Å²) >= 11 is 18.9. The molecule has 0 radical (unpaired) electrons. The second kappa shape index (κ2) is 11.1. The van der Waals surface area contributed by atoms with Crippen molar-refractivity contribution in [3.8, 4) is 11.5 Å². The Morgan fingerprint density at radius 2 is 1.38 bits per heavy atom. The first-order valence-electron chi connectivity index (χ1n) is 11.6. The number of halogens is 3. The predicted octanol–water partition coefficient (Wildman–Crippen LogP) is 9.03. The van der Waals surface area contributed by atoms with E-state index in [1.807, 2.05) is 60.7 Å². The second-order valence-electron chi connectivity index (χ2n) is 8.65. The molecule has 4 aromatic carbocycles. The number of piperazine rings is 1. The van der Waals surface area contributed by atoms with Gasteiger partial charge in [-0.15, -0.1) is 10.8 Å². The van der Waals surface area contributed by atoms with E-state index >= 15 is 0 Å². The molecule has 37 heavy (non-hydrogen) atoms. The van der Waals surface area contributed by atoms with E-state index < -0.39 is 10.8 Å². The monoisotopic (exact) mass is 574 g/mol. The summed E-state index contributed by atoms with van der Waals surface area (Å²) in [6, 6.07) is 29.1. The molecule has 9 heteroatoms. The zero-order valence-electron chi connectivity index (χ0n) is 19.7. The fraction of sp³-hybridized carbons (Fsp3) is 0.143. The zero-order chi connectivity index (χ0) is 26.0. The molecule has 1 saturated heterocycles. The van der Waals surface area contributed by atoms with Gasteiger partial charge in [0.05, 0.1) is 21.6 Å². The van der Waals surface area contributed by atoms with Crippen molar-refractivity contribution in [3.63, 3.8) is 0 Å². The number of hydrogen-bond acceptors (Lipinski definition) is 5.